The predicted octanol–water partition coefficient (Wildman–Crippen LogP) is 4.12. The highest BCUT2D eigenvalue weighted by Crippen LogP contribution is 2.34. The van der Waals surface area contributed by atoms with E-state index in [0.29, 0.717) is 31.3 Å². The molecule has 1 aliphatic rings. The topological polar surface area (TPSA) is 45.7 Å². The summed E-state index contributed by atoms with van der Waals surface area (Å²) >= 11 is 0. The van der Waals surface area contributed by atoms with Crippen molar-refractivity contribution >= 4 is 5.96 Å². The number of alkyl halides is 3. The number of rotatable bonds is 5. The van der Waals surface area contributed by atoms with Crippen molar-refractivity contribution in [3.05, 3.63) is 71.3 Å². The second kappa shape index (κ2) is 9.31. The van der Waals surface area contributed by atoms with Gasteiger partial charge >= 0.3 is 6.18 Å². The van der Waals surface area contributed by atoms with Crippen molar-refractivity contribution in [2.75, 3.05) is 26.8 Å². The largest absolute Gasteiger partial charge is 0.416 e. The summed E-state index contributed by atoms with van der Waals surface area (Å²) in [6.45, 7) is 2.33. The average molecular weight is 405 g/mol. The lowest BCUT2D eigenvalue weighted by Gasteiger charge is -2.38. The van der Waals surface area contributed by atoms with Crippen LogP contribution in [0, 0.1) is 0 Å². The molecule has 0 saturated carbocycles. The Hall–Kier alpha value is -2.54. The summed E-state index contributed by atoms with van der Waals surface area (Å²) in [5.74, 6) is 0.559. The minimum absolute atomic E-state index is 0.0622. The monoisotopic (exact) mass is 405 g/mol. The van der Waals surface area contributed by atoms with Gasteiger partial charge in [-0.3, -0.25) is 4.99 Å². The van der Waals surface area contributed by atoms with Gasteiger partial charge < -0.3 is 15.4 Å². The van der Waals surface area contributed by atoms with E-state index in [-0.39, 0.29) is 12.0 Å². The lowest BCUT2D eigenvalue weighted by molar-refractivity contribution is -0.137. The van der Waals surface area contributed by atoms with Crippen LogP contribution in [-0.4, -0.2) is 32.8 Å². The molecule has 2 aromatic rings. The molecule has 0 spiro atoms. The maximum absolute atomic E-state index is 12.9. The minimum Gasteiger partial charge on any atom is -0.381 e. The molecular weight excluding hydrogens is 379 g/mol. The van der Waals surface area contributed by atoms with E-state index in [4.69, 9.17) is 4.74 Å². The lowest BCUT2D eigenvalue weighted by Crippen LogP contribution is -2.47. The van der Waals surface area contributed by atoms with E-state index < -0.39 is 11.7 Å². The molecule has 0 bridgehead atoms. The first-order valence-electron chi connectivity index (χ1n) is 9.67. The fourth-order valence-electron chi connectivity index (χ4n) is 3.64. The van der Waals surface area contributed by atoms with Crippen LogP contribution in [0.3, 0.4) is 0 Å². The zero-order valence-electron chi connectivity index (χ0n) is 16.4. The van der Waals surface area contributed by atoms with E-state index in [0.717, 1.165) is 25.0 Å². The molecule has 4 nitrogen and oxygen atoms in total. The van der Waals surface area contributed by atoms with Crippen molar-refractivity contribution in [1.29, 1.82) is 0 Å². The number of guanidine groups is 1. The molecule has 0 aromatic heterocycles. The van der Waals surface area contributed by atoms with E-state index in [2.05, 4.69) is 27.8 Å². The number of aliphatic imine (C=N–C) groups is 1. The number of hydrogen-bond donors (Lipinski definition) is 2. The Morgan fingerprint density at radius 2 is 1.76 bits per heavy atom. The van der Waals surface area contributed by atoms with Crippen molar-refractivity contribution < 1.29 is 17.9 Å². The molecule has 156 valence electrons. The third-order valence-electron chi connectivity index (χ3n) is 5.37. The first kappa shape index (κ1) is 21.2. The van der Waals surface area contributed by atoms with E-state index in [1.54, 1.807) is 13.1 Å². The highest BCUT2D eigenvalue weighted by molar-refractivity contribution is 5.79. The van der Waals surface area contributed by atoms with Gasteiger partial charge in [-0.05, 0) is 36.1 Å². The third-order valence-corrected chi connectivity index (χ3v) is 5.37. The standard InChI is InChI=1S/C22H26F3N3O/c1-26-20(27-15-17-6-5-9-19(14-17)22(23,24)25)28-16-21(10-12-29-13-11-21)18-7-3-2-4-8-18/h2-9,14H,10-13,15-16H2,1H3,(H2,26,27,28). The Bertz CT molecular complexity index is 816. The number of nitrogens with zero attached hydrogens (tertiary/aromatic N) is 1. The fourth-order valence-corrected chi connectivity index (χ4v) is 3.64. The van der Waals surface area contributed by atoms with Gasteiger partial charge in [-0.15, -0.1) is 0 Å². The molecule has 29 heavy (non-hydrogen) atoms. The Kier molecular flexibility index (Phi) is 6.79. The van der Waals surface area contributed by atoms with Gasteiger partial charge in [-0.2, -0.15) is 13.2 Å². The van der Waals surface area contributed by atoms with Crippen LogP contribution in [-0.2, 0) is 22.9 Å². The molecule has 1 aliphatic heterocycles. The summed E-state index contributed by atoms with van der Waals surface area (Å²) in [6, 6.07) is 15.6. The van der Waals surface area contributed by atoms with Crippen LogP contribution in [0.2, 0.25) is 0 Å². The summed E-state index contributed by atoms with van der Waals surface area (Å²) < 4.78 is 44.2. The SMILES string of the molecule is CN=C(NCc1cccc(C(F)(F)F)c1)NCC1(c2ccccc2)CCOCC1. The molecule has 7 heteroatoms. The van der Waals surface area contributed by atoms with Crippen LogP contribution in [0.5, 0.6) is 0 Å². The van der Waals surface area contributed by atoms with Crippen LogP contribution in [0.4, 0.5) is 13.2 Å². The summed E-state index contributed by atoms with van der Waals surface area (Å²) in [7, 11) is 1.65. The molecule has 0 aliphatic carbocycles. The zero-order valence-corrected chi connectivity index (χ0v) is 16.4. The van der Waals surface area contributed by atoms with E-state index in [9.17, 15) is 13.2 Å². The van der Waals surface area contributed by atoms with Crippen molar-refractivity contribution in [2.24, 2.45) is 4.99 Å². The van der Waals surface area contributed by atoms with Crippen LogP contribution in [0.15, 0.2) is 59.6 Å². The smallest absolute Gasteiger partial charge is 0.381 e. The molecule has 2 N–H and O–H groups in total. The van der Waals surface area contributed by atoms with Crippen molar-refractivity contribution in [2.45, 2.75) is 31.0 Å². The summed E-state index contributed by atoms with van der Waals surface area (Å²) in [5.41, 5.74) is 1.09. The minimum atomic E-state index is -4.35. The molecule has 0 radical (unpaired) electrons. The van der Waals surface area contributed by atoms with Crippen LogP contribution in [0.1, 0.15) is 29.5 Å². The van der Waals surface area contributed by atoms with Crippen LogP contribution < -0.4 is 10.6 Å². The van der Waals surface area contributed by atoms with E-state index in [1.807, 2.05) is 18.2 Å². The quantitative estimate of drug-likeness (QED) is 0.581. The number of ether oxygens (including phenoxy) is 1. The molecule has 1 heterocycles. The molecule has 3 rings (SSSR count). The van der Waals surface area contributed by atoms with Crippen LogP contribution in [0.25, 0.3) is 0 Å². The lowest BCUT2D eigenvalue weighted by atomic mass is 9.74. The van der Waals surface area contributed by atoms with Crippen molar-refractivity contribution in [1.82, 2.24) is 10.6 Å². The number of halogens is 3. The first-order valence-corrected chi connectivity index (χ1v) is 9.67. The molecule has 1 saturated heterocycles. The van der Waals surface area contributed by atoms with Crippen molar-refractivity contribution in [3.8, 4) is 0 Å². The van der Waals surface area contributed by atoms with Gasteiger partial charge in [0.25, 0.3) is 0 Å². The maximum Gasteiger partial charge on any atom is 0.416 e. The van der Waals surface area contributed by atoms with Gasteiger partial charge in [0.1, 0.15) is 0 Å². The Morgan fingerprint density at radius 3 is 2.41 bits per heavy atom. The van der Waals surface area contributed by atoms with E-state index >= 15 is 0 Å². The second-order valence-corrected chi connectivity index (χ2v) is 7.24. The van der Waals surface area contributed by atoms with Gasteiger partial charge in [0.2, 0.25) is 0 Å². The average Bonchev–Trinajstić information content (AvgIpc) is 2.75. The van der Waals surface area contributed by atoms with E-state index in [1.165, 1.54) is 11.6 Å². The molecular formula is C22H26F3N3O. The normalized spacial score (nSPS) is 17.0. The van der Waals surface area contributed by atoms with Gasteiger partial charge in [-0.1, -0.05) is 42.5 Å². The first-order chi connectivity index (χ1) is 13.9. The summed E-state index contributed by atoms with van der Waals surface area (Å²) in [5, 5.41) is 6.47. The highest BCUT2D eigenvalue weighted by Gasteiger charge is 2.34. The Balaban J connectivity index is 1.64. The summed E-state index contributed by atoms with van der Waals surface area (Å²) in [4.78, 5) is 4.22. The maximum atomic E-state index is 12.9. The van der Waals surface area contributed by atoms with Crippen LogP contribution >= 0.6 is 0 Å². The Morgan fingerprint density at radius 1 is 1.03 bits per heavy atom. The van der Waals surface area contributed by atoms with Gasteiger partial charge in [0.15, 0.2) is 5.96 Å². The second-order valence-electron chi connectivity index (χ2n) is 7.24. The highest BCUT2D eigenvalue weighted by atomic mass is 19.4. The number of hydrogen-bond acceptors (Lipinski definition) is 2. The zero-order chi connectivity index (χ0) is 20.7. The number of benzene rings is 2. The van der Waals surface area contributed by atoms with Crippen molar-refractivity contribution in [3.63, 3.8) is 0 Å². The molecule has 0 amide bonds. The summed E-state index contributed by atoms with van der Waals surface area (Å²) in [6.07, 6.45) is -2.55. The molecule has 0 atom stereocenters. The van der Waals surface area contributed by atoms with Gasteiger partial charge in [0, 0.05) is 38.8 Å². The molecule has 1 fully saturated rings. The van der Waals surface area contributed by atoms with Gasteiger partial charge in [0.05, 0.1) is 5.56 Å². The molecule has 0 unspecified atom stereocenters. The molecule has 2 aromatic carbocycles. The van der Waals surface area contributed by atoms with Gasteiger partial charge in [-0.25, -0.2) is 0 Å². The third kappa shape index (κ3) is 5.50. The number of nitrogens with one attached hydrogen (secondary N) is 2. The fraction of sp³-hybridized carbons (Fsp3) is 0.409. The predicted molar refractivity (Wildman–Crippen MR) is 108 cm³/mol. The Labute approximate surface area is 169 Å².